The molecule has 2 aliphatic rings. The minimum absolute atomic E-state index is 0.234. The van der Waals surface area contributed by atoms with Gasteiger partial charge in [-0.3, -0.25) is 0 Å². The molecule has 0 bridgehead atoms. The number of hydrogen-bond acceptors (Lipinski definition) is 2. The third-order valence-corrected chi connectivity index (χ3v) is 2.89. The standard InChI is InChI=1S/C9H17NO.C2H6/c1-8-6-9(7-10-8)4-2-3-5-11-9;1-2/h8,10H,2-7H2,1H3;1-2H3. The summed E-state index contributed by atoms with van der Waals surface area (Å²) in [7, 11) is 0. The lowest BCUT2D eigenvalue weighted by atomic mass is 9.91. The molecular weight excluding hydrogens is 162 g/mol. The molecule has 2 nitrogen and oxygen atoms in total. The molecule has 2 unspecified atom stereocenters. The molecule has 0 amide bonds. The van der Waals surface area contributed by atoms with E-state index in [0.29, 0.717) is 6.04 Å². The Bertz CT molecular complexity index is 136. The van der Waals surface area contributed by atoms with Gasteiger partial charge in [0.15, 0.2) is 0 Å². The molecule has 2 saturated heterocycles. The maximum absolute atomic E-state index is 5.83. The summed E-state index contributed by atoms with van der Waals surface area (Å²) in [6.07, 6.45) is 5.10. The maximum Gasteiger partial charge on any atom is 0.0821 e. The fourth-order valence-corrected chi connectivity index (χ4v) is 2.27. The molecule has 2 aliphatic heterocycles. The monoisotopic (exact) mass is 185 g/mol. The van der Waals surface area contributed by atoms with Gasteiger partial charge in [0.05, 0.1) is 5.60 Å². The number of nitrogens with one attached hydrogen (secondary N) is 1. The average Bonchev–Trinajstić information content (AvgIpc) is 2.52. The van der Waals surface area contributed by atoms with Crippen molar-refractivity contribution in [2.75, 3.05) is 13.2 Å². The van der Waals surface area contributed by atoms with Crippen molar-refractivity contribution in [1.29, 1.82) is 0 Å². The molecule has 2 heterocycles. The largest absolute Gasteiger partial charge is 0.374 e. The first-order valence-corrected chi connectivity index (χ1v) is 5.68. The Morgan fingerprint density at radius 1 is 1.31 bits per heavy atom. The van der Waals surface area contributed by atoms with E-state index in [0.717, 1.165) is 13.2 Å². The fourth-order valence-electron chi connectivity index (χ4n) is 2.27. The highest BCUT2D eigenvalue weighted by atomic mass is 16.5. The Kier molecular flexibility index (Phi) is 4.20. The van der Waals surface area contributed by atoms with Crippen LogP contribution in [0.2, 0.25) is 0 Å². The quantitative estimate of drug-likeness (QED) is 0.625. The minimum atomic E-state index is 0.234. The number of ether oxygens (including phenoxy) is 1. The molecule has 78 valence electrons. The van der Waals surface area contributed by atoms with Crippen LogP contribution < -0.4 is 5.32 Å². The lowest BCUT2D eigenvalue weighted by Gasteiger charge is -2.32. The number of rotatable bonds is 0. The lowest BCUT2D eigenvalue weighted by molar-refractivity contribution is -0.0646. The molecule has 0 aromatic heterocycles. The molecule has 0 aliphatic carbocycles. The Morgan fingerprint density at radius 3 is 2.54 bits per heavy atom. The second-order valence-electron chi connectivity index (χ2n) is 3.97. The summed E-state index contributed by atoms with van der Waals surface area (Å²) in [6, 6.07) is 0.660. The van der Waals surface area contributed by atoms with Crippen molar-refractivity contribution >= 4 is 0 Å². The fraction of sp³-hybridized carbons (Fsp3) is 1.00. The number of hydrogen-bond donors (Lipinski definition) is 1. The van der Waals surface area contributed by atoms with Crippen molar-refractivity contribution in [2.45, 2.75) is 58.1 Å². The van der Waals surface area contributed by atoms with Crippen LogP contribution in [-0.4, -0.2) is 24.8 Å². The first kappa shape index (κ1) is 11.0. The van der Waals surface area contributed by atoms with E-state index in [1.807, 2.05) is 13.8 Å². The van der Waals surface area contributed by atoms with Gasteiger partial charge in [-0.15, -0.1) is 0 Å². The molecular formula is C11H23NO. The maximum atomic E-state index is 5.83. The summed E-state index contributed by atoms with van der Waals surface area (Å²) < 4.78 is 5.83. The Labute approximate surface area is 82.0 Å². The molecule has 0 saturated carbocycles. The summed E-state index contributed by atoms with van der Waals surface area (Å²) in [6.45, 7) is 8.30. The van der Waals surface area contributed by atoms with Crippen molar-refractivity contribution < 1.29 is 4.74 Å². The zero-order chi connectivity index (χ0) is 9.73. The van der Waals surface area contributed by atoms with E-state index in [1.54, 1.807) is 0 Å². The predicted molar refractivity (Wildman–Crippen MR) is 56.0 cm³/mol. The van der Waals surface area contributed by atoms with Crippen LogP contribution in [-0.2, 0) is 4.74 Å². The third kappa shape index (κ3) is 2.68. The molecule has 0 radical (unpaired) electrons. The van der Waals surface area contributed by atoms with Gasteiger partial charge in [0.25, 0.3) is 0 Å². The van der Waals surface area contributed by atoms with Gasteiger partial charge in [0.2, 0.25) is 0 Å². The minimum Gasteiger partial charge on any atom is -0.374 e. The van der Waals surface area contributed by atoms with E-state index in [2.05, 4.69) is 12.2 Å². The predicted octanol–water partition coefficient (Wildman–Crippen LogP) is 2.33. The van der Waals surface area contributed by atoms with Crippen molar-refractivity contribution in [2.24, 2.45) is 0 Å². The van der Waals surface area contributed by atoms with Crippen LogP contribution >= 0.6 is 0 Å². The molecule has 0 aromatic rings. The zero-order valence-corrected chi connectivity index (χ0v) is 9.23. The first-order chi connectivity index (χ1) is 6.31. The summed E-state index contributed by atoms with van der Waals surface area (Å²) in [5.41, 5.74) is 0.234. The molecule has 2 atom stereocenters. The van der Waals surface area contributed by atoms with Crippen LogP contribution in [0.1, 0.15) is 46.5 Å². The van der Waals surface area contributed by atoms with E-state index in [4.69, 9.17) is 4.74 Å². The second-order valence-corrected chi connectivity index (χ2v) is 3.97. The van der Waals surface area contributed by atoms with Crippen LogP contribution in [0.15, 0.2) is 0 Å². The van der Waals surface area contributed by atoms with Gasteiger partial charge in [0.1, 0.15) is 0 Å². The second kappa shape index (κ2) is 4.97. The van der Waals surface area contributed by atoms with Gasteiger partial charge in [-0.2, -0.15) is 0 Å². The van der Waals surface area contributed by atoms with Crippen molar-refractivity contribution in [3.63, 3.8) is 0 Å². The van der Waals surface area contributed by atoms with Crippen LogP contribution in [0.25, 0.3) is 0 Å². The van der Waals surface area contributed by atoms with Crippen LogP contribution in [0, 0.1) is 0 Å². The zero-order valence-electron chi connectivity index (χ0n) is 9.23. The van der Waals surface area contributed by atoms with Gasteiger partial charge >= 0.3 is 0 Å². The molecule has 1 N–H and O–H groups in total. The summed E-state index contributed by atoms with van der Waals surface area (Å²) in [5.74, 6) is 0. The molecule has 0 aromatic carbocycles. The summed E-state index contributed by atoms with van der Waals surface area (Å²) in [5, 5.41) is 3.46. The van der Waals surface area contributed by atoms with Crippen molar-refractivity contribution in [3.05, 3.63) is 0 Å². The Morgan fingerprint density at radius 2 is 2.08 bits per heavy atom. The van der Waals surface area contributed by atoms with E-state index in [9.17, 15) is 0 Å². The normalized spacial score (nSPS) is 38.5. The smallest absolute Gasteiger partial charge is 0.0821 e. The van der Waals surface area contributed by atoms with Crippen LogP contribution in [0.5, 0.6) is 0 Å². The van der Waals surface area contributed by atoms with Gasteiger partial charge in [0, 0.05) is 19.2 Å². The highest BCUT2D eigenvalue weighted by Gasteiger charge is 2.39. The third-order valence-electron chi connectivity index (χ3n) is 2.89. The van der Waals surface area contributed by atoms with E-state index >= 15 is 0 Å². The summed E-state index contributed by atoms with van der Waals surface area (Å²) >= 11 is 0. The molecule has 13 heavy (non-hydrogen) atoms. The van der Waals surface area contributed by atoms with Crippen LogP contribution in [0.3, 0.4) is 0 Å². The van der Waals surface area contributed by atoms with E-state index < -0.39 is 0 Å². The SMILES string of the molecule is CC.CC1CC2(CCCCO2)CN1. The van der Waals surface area contributed by atoms with Crippen molar-refractivity contribution in [1.82, 2.24) is 5.32 Å². The van der Waals surface area contributed by atoms with E-state index in [-0.39, 0.29) is 5.60 Å². The highest BCUT2D eigenvalue weighted by molar-refractivity contribution is 4.95. The molecule has 2 rings (SSSR count). The average molecular weight is 185 g/mol. The Balaban J connectivity index is 0.000000396. The van der Waals surface area contributed by atoms with Gasteiger partial charge in [-0.05, 0) is 32.6 Å². The lowest BCUT2D eigenvalue weighted by Crippen LogP contribution is -2.38. The molecule has 1 spiro atoms. The topological polar surface area (TPSA) is 21.3 Å². The molecule has 2 fully saturated rings. The van der Waals surface area contributed by atoms with Crippen LogP contribution in [0.4, 0.5) is 0 Å². The molecule has 2 heteroatoms. The highest BCUT2D eigenvalue weighted by Crippen LogP contribution is 2.32. The van der Waals surface area contributed by atoms with E-state index in [1.165, 1.54) is 25.7 Å². The van der Waals surface area contributed by atoms with Crippen molar-refractivity contribution in [3.8, 4) is 0 Å². The first-order valence-electron chi connectivity index (χ1n) is 5.68. The van der Waals surface area contributed by atoms with Gasteiger partial charge < -0.3 is 10.1 Å². The summed E-state index contributed by atoms with van der Waals surface area (Å²) in [4.78, 5) is 0. The van der Waals surface area contributed by atoms with Gasteiger partial charge in [-0.25, -0.2) is 0 Å². The Hall–Kier alpha value is -0.0800. The van der Waals surface area contributed by atoms with Gasteiger partial charge in [-0.1, -0.05) is 13.8 Å².